The molecule has 11 rings (SSSR count). The number of fused-ring (bicyclic) bond motifs is 2. The molecule has 0 amide bonds. The Morgan fingerprint density at radius 3 is 1.33 bits per heavy atom. The summed E-state index contributed by atoms with van der Waals surface area (Å²) in [5.41, 5.74) is 10.7. The van der Waals surface area contributed by atoms with Gasteiger partial charge in [0.05, 0.1) is 4.87 Å². The Morgan fingerprint density at radius 1 is 0.455 bits per heavy atom. The van der Waals surface area contributed by atoms with Gasteiger partial charge in [0.25, 0.3) is 0 Å². The van der Waals surface area contributed by atoms with Crippen molar-refractivity contribution < 1.29 is 0 Å². The zero-order valence-corrected chi connectivity index (χ0v) is 31.6. The van der Waals surface area contributed by atoms with E-state index in [4.69, 9.17) is 11.6 Å². The number of hydrogen-bond donors (Lipinski definition) is 0. The first kappa shape index (κ1) is 32.9. The third-order valence-electron chi connectivity index (χ3n) is 14.3. The maximum absolute atomic E-state index is 8.25. The van der Waals surface area contributed by atoms with Crippen LogP contribution < -0.4 is 9.48 Å². The second kappa shape index (κ2) is 12.5. The van der Waals surface area contributed by atoms with Crippen molar-refractivity contribution in [2.24, 2.45) is 29.1 Å². The third kappa shape index (κ3) is 4.52. The van der Waals surface area contributed by atoms with Crippen molar-refractivity contribution in [1.29, 1.82) is 0 Å². The molecule has 268 valence electrons. The molecule has 4 fully saturated rings. The quantitative estimate of drug-likeness (QED) is 0.117. The number of rotatable bonds is 7. The number of benzene rings is 6. The summed E-state index contributed by atoms with van der Waals surface area (Å²) < 4.78 is 2.38. The van der Waals surface area contributed by atoms with Gasteiger partial charge in [0.15, 0.2) is 0 Å². The van der Waals surface area contributed by atoms with E-state index in [0.717, 1.165) is 28.4 Å². The molecule has 0 aromatic heterocycles. The summed E-state index contributed by atoms with van der Waals surface area (Å²) in [4.78, 5) is 2.07. The first-order valence-corrected chi connectivity index (χ1v) is 20.5. The fourth-order valence-corrected chi connectivity index (χ4v) is 13.4. The summed E-state index contributed by atoms with van der Waals surface area (Å²) in [7, 11) is 0. The highest BCUT2D eigenvalue weighted by Gasteiger charge is 2.87. The molecule has 4 atom stereocenters. The van der Waals surface area contributed by atoms with Gasteiger partial charge in [0.2, 0.25) is 17.1 Å². The van der Waals surface area contributed by atoms with Crippen molar-refractivity contribution in [3.05, 3.63) is 200 Å². The van der Waals surface area contributed by atoms with Crippen molar-refractivity contribution in [3.8, 4) is 11.1 Å². The van der Waals surface area contributed by atoms with Crippen molar-refractivity contribution in [2.45, 2.75) is 36.0 Å². The second-order valence-corrected chi connectivity index (χ2v) is 16.9. The standard InChI is InChI=1S/C52H44ClN2/c53-52-48-31-32-49(52)47-30-29-46(48)51(47,50(52)35-33-45(34-36-50)55(42-17-9-3-10-18-42)43-19-11-4-12-20-43)39-25-21-37(22-26-39)38-23-27-44(28-24-38)54(40-13-5-1-6-14-40)41-15-7-2-8-16-41/h1-28,33-36,46-49H,29-32H2/q+1. The number of alkyl halides is 1. The van der Waals surface area contributed by atoms with E-state index in [2.05, 4.69) is 204 Å². The van der Waals surface area contributed by atoms with Gasteiger partial charge in [-0.05, 0) is 102 Å². The molecule has 0 N–H and O–H groups in total. The zero-order chi connectivity index (χ0) is 36.6. The van der Waals surface area contributed by atoms with E-state index < -0.39 is 0 Å². The zero-order valence-electron chi connectivity index (χ0n) is 30.9. The lowest BCUT2D eigenvalue weighted by molar-refractivity contribution is 0.186. The van der Waals surface area contributed by atoms with Crippen molar-refractivity contribution in [2.75, 3.05) is 4.90 Å². The minimum Gasteiger partial charge on any atom is -0.311 e. The number of halogens is 1. The second-order valence-electron chi connectivity index (χ2n) is 16.3. The molecule has 6 aromatic rings. The highest BCUT2D eigenvalue weighted by atomic mass is 35.5. The number of para-hydroxylation sites is 4. The Morgan fingerprint density at radius 2 is 0.855 bits per heavy atom. The van der Waals surface area contributed by atoms with Crippen LogP contribution in [0.5, 0.6) is 0 Å². The summed E-state index contributed by atoms with van der Waals surface area (Å²) in [5.74, 6) is 2.27. The van der Waals surface area contributed by atoms with Gasteiger partial charge in [0, 0.05) is 64.3 Å². The van der Waals surface area contributed by atoms with Gasteiger partial charge in [0.1, 0.15) is 0 Å². The number of anilines is 3. The van der Waals surface area contributed by atoms with Gasteiger partial charge in [-0.15, -0.1) is 11.6 Å². The average Bonchev–Trinajstić information content (AvgIpc) is 3.82. The molecule has 6 aromatic carbocycles. The van der Waals surface area contributed by atoms with Gasteiger partial charge in [-0.25, -0.2) is 0 Å². The van der Waals surface area contributed by atoms with E-state index in [1.807, 2.05) is 0 Å². The molecule has 2 nitrogen and oxygen atoms in total. The molecule has 2 bridgehead atoms. The molecule has 5 aliphatic rings. The minimum absolute atomic E-state index is 0.00229. The maximum atomic E-state index is 8.25. The lowest BCUT2D eigenvalue weighted by atomic mass is 9.57. The number of hydrogen-bond acceptors (Lipinski definition) is 1. The Bertz CT molecular complexity index is 2330. The highest BCUT2D eigenvalue weighted by Crippen LogP contribution is 2.87. The van der Waals surface area contributed by atoms with Crippen molar-refractivity contribution in [1.82, 2.24) is 4.58 Å². The molecule has 55 heavy (non-hydrogen) atoms. The van der Waals surface area contributed by atoms with Crippen LogP contribution in [0.15, 0.2) is 194 Å². The lowest BCUT2D eigenvalue weighted by Gasteiger charge is -2.45. The lowest BCUT2D eigenvalue weighted by Crippen LogP contribution is -2.46. The summed E-state index contributed by atoms with van der Waals surface area (Å²) in [6.07, 6.45) is 15.0. The molecule has 1 spiro atoms. The monoisotopic (exact) mass is 731 g/mol. The van der Waals surface area contributed by atoms with E-state index >= 15 is 0 Å². The number of nitrogens with zero attached hydrogens (tertiary/aromatic N) is 2. The van der Waals surface area contributed by atoms with E-state index in [9.17, 15) is 0 Å². The van der Waals surface area contributed by atoms with Gasteiger partial charge in [-0.3, -0.25) is 0 Å². The van der Waals surface area contributed by atoms with Crippen LogP contribution >= 0.6 is 11.6 Å². The predicted molar refractivity (Wildman–Crippen MR) is 229 cm³/mol. The van der Waals surface area contributed by atoms with Crippen molar-refractivity contribution >= 4 is 45.7 Å². The molecule has 0 saturated heterocycles. The summed E-state index contributed by atoms with van der Waals surface area (Å²) in [5, 5.41) is 0. The average molecular weight is 732 g/mol. The van der Waals surface area contributed by atoms with Crippen LogP contribution in [-0.2, 0) is 5.41 Å². The summed E-state index contributed by atoms with van der Waals surface area (Å²) in [6, 6.07) is 61.5. The van der Waals surface area contributed by atoms with E-state index in [-0.39, 0.29) is 15.7 Å². The Balaban J connectivity index is 0.978. The topological polar surface area (TPSA) is 6.25 Å². The Hall–Kier alpha value is -5.44. The fraction of sp³-hybridized carbons (Fsp3) is 0.212. The summed E-state index contributed by atoms with van der Waals surface area (Å²) >= 11 is 8.25. The first-order chi connectivity index (χ1) is 27.1. The molecule has 3 heteroatoms. The highest BCUT2D eigenvalue weighted by molar-refractivity contribution is 6.27. The molecule has 0 aliphatic heterocycles. The van der Waals surface area contributed by atoms with Crippen LogP contribution in [0.2, 0.25) is 0 Å². The van der Waals surface area contributed by atoms with E-state index in [0.29, 0.717) is 23.7 Å². The third-order valence-corrected chi connectivity index (χ3v) is 15.2. The molecule has 4 saturated carbocycles. The van der Waals surface area contributed by atoms with E-state index in [1.165, 1.54) is 48.1 Å². The van der Waals surface area contributed by atoms with Crippen LogP contribution in [0, 0.1) is 29.1 Å². The fourth-order valence-electron chi connectivity index (χ4n) is 12.5. The van der Waals surface area contributed by atoms with Crippen LogP contribution in [0.3, 0.4) is 0 Å². The van der Waals surface area contributed by atoms with Crippen LogP contribution in [0.1, 0.15) is 31.2 Å². The molecule has 5 aliphatic carbocycles. The van der Waals surface area contributed by atoms with Gasteiger partial charge < -0.3 is 4.90 Å². The predicted octanol–water partition coefficient (Wildman–Crippen LogP) is 13.2. The van der Waals surface area contributed by atoms with E-state index in [1.54, 1.807) is 0 Å². The SMILES string of the molecule is ClC12C3CCC1C1CCC3C1(c1ccc(-c3ccc(N(c4ccccc4)c4ccccc4)cc3)cc1)C21C=CC(=[N+](c2ccccc2)c2ccccc2)C=C1. The molecule has 0 heterocycles. The number of allylic oxidation sites excluding steroid dienone is 4. The minimum atomic E-state index is -0.250. The van der Waals surface area contributed by atoms with Crippen LogP contribution in [-0.4, -0.2) is 10.6 Å². The first-order valence-electron chi connectivity index (χ1n) is 20.1. The van der Waals surface area contributed by atoms with Gasteiger partial charge in [-0.2, -0.15) is 4.58 Å². The largest absolute Gasteiger partial charge is 0.311 e. The smallest absolute Gasteiger partial charge is 0.211 e. The van der Waals surface area contributed by atoms with Gasteiger partial charge in [-0.1, -0.05) is 121 Å². The van der Waals surface area contributed by atoms with Crippen LogP contribution in [0.25, 0.3) is 11.1 Å². The molecular formula is C52H44ClN2+. The van der Waals surface area contributed by atoms with Gasteiger partial charge >= 0.3 is 0 Å². The molecule has 0 radical (unpaired) electrons. The molecular weight excluding hydrogens is 688 g/mol. The molecule has 4 unspecified atom stereocenters. The van der Waals surface area contributed by atoms with Crippen LogP contribution in [0.4, 0.5) is 28.4 Å². The van der Waals surface area contributed by atoms with Crippen molar-refractivity contribution in [3.63, 3.8) is 0 Å². The normalized spacial score (nSPS) is 29.3. The summed E-state index contributed by atoms with van der Waals surface area (Å²) in [6.45, 7) is 0. The maximum Gasteiger partial charge on any atom is 0.211 e. The Labute approximate surface area is 329 Å². The Kier molecular flexibility index (Phi) is 7.52.